The van der Waals surface area contributed by atoms with Gasteiger partial charge in [0.15, 0.2) is 9.84 Å². The highest BCUT2D eigenvalue weighted by Crippen LogP contribution is 2.30. The van der Waals surface area contributed by atoms with E-state index in [4.69, 9.17) is 10.5 Å². The maximum Gasteiger partial charge on any atom is 0.178 e. The van der Waals surface area contributed by atoms with E-state index in [9.17, 15) is 8.42 Å². The van der Waals surface area contributed by atoms with E-state index in [0.29, 0.717) is 24.7 Å². The van der Waals surface area contributed by atoms with Gasteiger partial charge in [0.05, 0.1) is 23.9 Å². The third-order valence-electron chi connectivity index (χ3n) is 3.49. The highest BCUT2D eigenvalue weighted by molar-refractivity contribution is 7.91. The van der Waals surface area contributed by atoms with E-state index < -0.39 is 9.84 Å². The van der Waals surface area contributed by atoms with E-state index in [1.165, 1.54) is 0 Å². The zero-order valence-electron chi connectivity index (χ0n) is 10.6. The normalized spacial score (nSPS) is 18.3. The number of benzene rings is 1. The molecule has 0 radical (unpaired) electrons. The minimum absolute atomic E-state index is 0.0468. The third-order valence-corrected chi connectivity index (χ3v) is 5.24. The molecule has 1 fully saturated rings. The molecule has 18 heavy (non-hydrogen) atoms. The number of nitrogens with two attached hydrogens (primary N) is 1. The van der Waals surface area contributed by atoms with Crippen LogP contribution < -0.4 is 5.73 Å². The highest BCUT2D eigenvalue weighted by atomic mass is 32.2. The molecule has 0 spiro atoms. The first-order valence-corrected chi connectivity index (χ1v) is 7.76. The molecule has 1 aromatic carbocycles. The Balaban J connectivity index is 2.13. The molecule has 2 N–H and O–H groups in total. The fourth-order valence-electron chi connectivity index (χ4n) is 2.10. The second kappa shape index (κ2) is 4.99. The third kappa shape index (κ3) is 2.58. The van der Waals surface area contributed by atoms with Gasteiger partial charge in [-0.25, -0.2) is 8.42 Å². The Morgan fingerprint density at radius 3 is 2.28 bits per heavy atom. The van der Waals surface area contributed by atoms with Crippen molar-refractivity contribution >= 4 is 9.84 Å². The van der Waals surface area contributed by atoms with Crippen LogP contribution in [-0.4, -0.2) is 33.9 Å². The number of rotatable bonds is 5. The first-order valence-electron chi connectivity index (χ1n) is 6.11. The number of ether oxygens (including phenoxy) is 1. The molecule has 1 saturated heterocycles. The average molecular weight is 269 g/mol. The van der Waals surface area contributed by atoms with Gasteiger partial charge in [-0.05, 0) is 24.1 Å². The molecule has 0 saturated carbocycles. The van der Waals surface area contributed by atoms with E-state index in [0.717, 1.165) is 12.0 Å². The number of hydrogen-bond acceptors (Lipinski definition) is 4. The van der Waals surface area contributed by atoms with Crippen molar-refractivity contribution in [3.63, 3.8) is 0 Å². The van der Waals surface area contributed by atoms with Gasteiger partial charge in [-0.3, -0.25) is 0 Å². The lowest BCUT2D eigenvalue weighted by molar-refractivity contribution is -0.106. The Kier molecular flexibility index (Phi) is 3.75. The molecule has 0 aromatic heterocycles. The topological polar surface area (TPSA) is 69.4 Å². The molecule has 1 aromatic rings. The largest absolute Gasteiger partial charge is 0.380 e. The van der Waals surface area contributed by atoms with Crippen LogP contribution in [0.2, 0.25) is 0 Å². The van der Waals surface area contributed by atoms with Gasteiger partial charge in [0, 0.05) is 12.0 Å². The summed E-state index contributed by atoms with van der Waals surface area (Å²) in [5.74, 6) is 0.132. The Hall–Kier alpha value is -0.910. The fraction of sp³-hybridized carbons (Fsp3) is 0.538. The molecule has 1 aliphatic rings. The van der Waals surface area contributed by atoms with Crippen LogP contribution in [0.1, 0.15) is 12.5 Å². The van der Waals surface area contributed by atoms with Gasteiger partial charge < -0.3 is 10.5 Å². The van der Waals surface area contributed by atoms with Gasteiger partial charge in [0.1, 0.15) is 0 Å². The molecule has 100 valence electrons. The van der Waals surface area contributed by atoms with Crippen LogP contribution >= 0.6 is 0 Å². The zero-order chi connectivity index (χ0) is 13.2. The van der Waals surface area contributed by atoms with E-state index >= 15 is 0 Å². The summed E-state index contributed by atoms with van der Waals surface area (Å²) in [6.07, 6.45) is 0.843. The summed E-state index contributed by atoms with van der Waals surface area (Å²) < 4.78 is 28.6. The quantitative estimate of drug-likeness (QED) is 0.865. The lowest BCUT2D eigenvalue weighted by Gasteiger charge is -2.40. The van der Waals surface area contributed by atoms with Crippen LogP contribution in [0.25, 0.3) is 0 Å². The van der Waals surface area contributed by atoms with Crippen LogP contribution in [-0.2, 0) is 21.0 Å². The standard InChI is InChI=1S/C13H19NO3S/c1-2-18(15,16)12-5-3-11(4-6-12)7-13(8-14)9-17-10-13/h3-6H,2,7-10,14H2,1H3. The first kappa shape index (κ1) is 13.5. The Labute approximate surface area is 108 Å². The van der Waals surface area contributed by atoms with Gasteiger partial charge in [-0.2, -0.15) is 0 Å². The number of sulfone groups is 1. The summed E-state index contributed by atoms with van der Waals surface area (Å²) in [7, 11) is -3.11. The Bertz CT molecular complexity index is 498. The van der Waals surface area contributed by atoms with E-state index in [1.54, 1.807) is 19.1 Å². The smallest absolute Gasteiger partial charge is 0.178 e. The molecule has 4 nitrogen and oxygen atoms in total. The van der Waals surface area contributed by atoms with Crippen molar-refractivity contribution in [3.8, 4) is 0 Å². The molecule has 1 aliphatic heterocycles. The molecule has 0 amide bonds. The molecular weight excluding hydrogens is 250 g/mol. The van der Waals surface area contributed by atoms with Crippen molar-refractivity contribution in [2.45, 2.75) is 18.2 Å². The van der Waals surface area contributed by atoms with Crippen LogP contribution in [0.15, 0.2) is 29.2 Å². The summed E-state index contributed by atoms with van der Waals surface area (Å²) in [6.45, 7) is 3.64. The van der Waals surface area contributed by atoms with Crippen LogP contribution in [0.4, 0.5) is 0 Å². The zero-order valence-corrected chi connectivity index (χ0v) is 11.4. The number of hydrogen-bond donors (Lipinski definition) is 1. The monoisotopic (exact) mass is 269 g/mol. The summed E-state index contributed by atoms with van der Waals surface area (Å²) in [4.78, 5) is 0.389. The highest BCUT2D eigenvalue weighted by Gasteiger charge is 2.37. The summed E-state index contributed by atoms with van der Waals surface area (Å²) in [6, 6.07) is 7.10. The van der Waals surface area contributed by atoms with Gasteiger partial charge >= 0.3 is 0 Å². The molecule has 0 unspecified atom stereocenters. The average Bonchev–Trinajstić information content (AvgIpc) is 2.34. The summed E-state index contributed by atoms with van der Waals surface area (Å²) >= 11 is 0. The Morgan fingerprint density at radius 2 is 1.89 bits per heavy atom. The SMILES string of the molecule is CCS(=O)(=O)c1ccc(CC2(CN)COC2)cc1. The van der Waals surface area contributed by atoms with Gasteiger partial charge in [-0.1, -0.05) is 19.1 Å². The lowest BCUT2D eigenvalue weighted by Crippen LogP contribution is -2.49. The molecule has 0 aliphatic carbocycles. The maximum atomic E-state index is 11.7. The van der Waals surface area contributed by atoms with E-state index in [-0.39, 0.29) is 11.2 Å². The van der Waals surface area contributed by atoms with Crippen LogP contribution in [0, 0.1) is 5.41 Å². The van der Waals surface area contributed by atoms with Gasteiger partial charge in [0.2, 0.25) is 0 Å². The first-order chi connectivity index (χ1) is 8.51. The minimum atomic E-state index is -3.11. The molecule has 0 atom stereocenters. The van der Waals surface area contributed by atoms with Crippen molar-refractivity contribution in [2.75, 3.05) is 25.5 Å². The van der Waals surface area contributed by atoms with Crippen LogP contribution in [0.3, 0.4) is 0 Å². The summed E-state index contributed by atoms with van der Waals surface area (Å²) in [5, 5.41) is 0. The molecule has 1 heterocycles. The predicted molar refractivity (Wildman–Crippen MR) is 70.2 cm³/mol. The fourth-order valence-corrected chi connectivity index (χ4v) is 2.98. The second-order valence-corrected chi connectivity index (χ2v) is 7.20. The predicted octanol–water partition coefficient (Wildman–Crippen LogP) is 0.998. The molecule has 2 rings (SSSR count). The van der Waals surface area contributed by atoms with Crippen molar-refractivity contribution < 1.29 is 13.2 Å². The van der Waals surface area contributed by atoms with Gasteiger partial charge in [-0.15, -0.1) is 0 Å². The minimum Gasteiger partial charge on any atom is -0.380 e. The van der Waals surface area contributed by atoms with E-state index in [1.807, 2.05) is 12.1 Å². The maximum absolute atomic E-state index is 11.7. The Morgan fingerprint density at radius 1 is 1.28 bits per heavy atom. The van der Waals surface area contributed by atoms with Gasteiger partial charge in [0.25, 0.3) is 0 Å². The van der Waals surface area contributed by atoms with Crippen molar-refractivity contribution in [1.82, 2.24) is 0 Å². The van der Waals surface area contributed by atoms with Crippen molar-refractivity contribution in [3.05, 3.63) is 29.8 Å². The van der Waals surface area contributed by atoms with Crippen molar-refractivity contribution in [2.24, 2.45) is 11.1 Å². The van der Waals surface area contributed by atoms with Crippen LogP contribution in [0.5, 0.6) is 0 Å². The molecule has 5 heteroatoms. The molecule has 0 bridgehead atoms. The second-order valence-electron chi connectivity index (χ2n) is 4.92. The lowest BCUT2D eigenvalue weighted by atomic mass is 9.80. The van der Waals surface area contributed by atoms with E-state index in [2.05, 4.69) is 0 Å². The summed E-state index contributed by atoms with van der Waals surface area (Å²) in [5.41, 5.74) is 6.92. The molecular formula is C13H19NO3S. The van der Waals surface area contributed by atoms with Crippen molar-refractivity contribution in [1.29, 1.82) is 0 Å².